The van der Waals surface area contributed by atoms with Crippen molar-refractivity contribution in [1.29, 1.82) is 0 Å². The quantitative estimate of drug-likeness (QED) is 0.837. The van der Waals surface area contributed by atoms with Crippen LogP contribution in [0.3, 0.4) is 0 Å². The van der Waals surface area contributed by atoms with Crippen LogP contribution in [-0.2, 0) is 0 Å². The second-order valence-electron chi connectivity index (χ2n) is 6.46. The topological polar surface area (TPSA) is 35.5 Å². The molecule has 2 aliphatic rings. The SMILES string of the molecule is CC(c1ccc(O)cc1)N(CC1CC1)CC1CCCN1. The predicted molar refractivity (Wildman–Crippen MR) is 81.8 cm³/mol. The van der Waals surface area contributed by atoms with Crippen LogP contribution in [0.15, 0.2) is 24.3 Å². The van der Waals surface area contributed by atoms with E-state index in [2.05, 4.69) is 29.3 Å². The monoisotopic (exact) mass is 274 g/mol. The van der Waals surface area contributed by atoms with Gasteiger partial charge in [0.2, 0.25) is 0 Å². The molecule has 110 valence electrons. The third-order valence-electron chi connectivity index (χ3n) is 4.73. The van der Waals surface area contributed by atoms with Crippen molar-refractivity contribution in [2.45, 2.75) is 44.7 Å². The van der Waals surface area contributed by atoms with E-state index in [-0.39, 0.29) is 0 Å². The van der Waals surface area contributed by atoms with Gasteiger partial charge in [0.25, 0.3) is 0 Å². The van der Waals surface area contributed by atoms with E-state index < -0.39 is 0 Å². The smallest absolute Gasteiger partial charge is 0.115 e. The highest BCUT2D eigenvalue weighted by atomic mass is 16.3. The normalized spacial score (nSPS) is 24.2. The number of benzene rings is 1. The van der Waals surface area contributed by atoms with Gasteiger partial charge in [-0.3, -0.25) is 4.90 Å². The summed E-state index contributed by atoms with van der Waals surface area (Å²) in [6, 6.07) is 8.81. The molecular formula is C17H26N2O. The molecule has 3 nitrogen and oxygen atoms in total. The van der Waals surface area contributed by atoms with E-state index in [1.807, 2.05) is 0 Å². The first-order valence-electron chi connectivity index (χ1n) is 7.99. The number of aromatic hydroxyl groups is 1. The maximum atomic E-state index is 9.44. The Morgan fingerprint density at radius 1 is 1.20 bits per heavy atom. The number of nitrogens with one attached hydrogen (secondary N) is 1. The average Bonchev–Trinajstić information content (AvgIpc) is 3.12. The fourth-order valence-electron chi connectivity index (χ4n) is 3.18. The molecule has 20 heavy (non-hydrogen) atoms. The van der Waals surface area contributed by atoms with Gasteiger partial charge in [-0.15, -0.1) is 0 Å². The molecule has 3 heteroatoms. The minimum Gasteiger partial charge on any atom is -0.508 e. The summed E-state index contributed by atoms with van der Waals surface area (Å²) in [5.74, 6) is 1.27. The summed E-state index contributed by atoms with van der Waals surface area (Å²) in [5, 5.41) is 13.1. The van der Waals surface area contributed by atoms with Crippen molar-refractivity contribution in [3.63, 3.8) is 0 Å². The molecule has 1 aliphatic carbocycles. The van der Waals surface area contributed by atoms with Gasteiger partial charge in [0, 0.05) is 25.2 Å². The lowest BCUT2D eigenvalue weighted by atomic mass is 10.0. The average molecular weight is 274 g/mol. The van der Waals surface area contributed by atoms with Crippen LogP contribution in [0.25, 0.3) is 0 Å². The molecule has 3 rings (SSSR count). The first-order valence-corrected chi connectivity index (χ1v) is 7.99. The van der Waals surface area contributed by atoms with Crippen molar-refractivity contribution in [1.82, 2.24) is 10.2 Å². The van der Waals surface area contributed by atoms with E-state index >= 15 is 0 Å². The lowest BCUT2D eigenvalue weighted by Crippen LogP contribution is -2.40. The van der Waals surface area contributed by atoms with Gasteiger partial charge >= 0.3 is 0 Å². The van der Waals surface area contributed by atoms with Crippen LogP contribution in [0.4, 0.5) is 0 Å². The number of rotatable bonds is 6. The van der Waals surface area contributed by atoms with Gasteiger partial charge in [-0.2, -0.15) is 0 Å². The van der Waals surface area contributed by atoms with Crippen LogP contribution in [0.1, 0.15) is 44.2 Å². The highest BCUT2D eigenvalue weighted by Crippen LogP contribution is 2.33. The molecule has 1 aromatic rings. The van der Waals surface area contributed by atoms with Crippen molar-refractivity contribution in [2.75, 3.05) is 19.6 Å². The number of hydrogen-bond donors (Lipinski definition) is 2. The van der Waals surface area contributed by atoms with Crippen LogP contribution >= 0.6 is 0 Å². The van der Waals surface area contributed by atoms with Crippen LogP contribution in [0, 0.1) is 5.92 Å². The molecule has 0 radical (unpaired) electrons. The van der Waals surface area contributed by atoms with Crippen LogP contribution < -0.4 is 5.32 Å². The maximum absolute atomic E-state index is 9.44. The Labute approximate surface area is 122 Å². The molecule has 1 aliphatic heterocycles. The molecule has 0 bridgehead atoms. The molecule has 0 amide bonds. The second kappa shape index (κ2) is 6.15. The largest absolute Gasteiger partial charge is 0.508 e. The zero-order valence-electron chi connectivity index (χ0n) is 12.4. The van der Waals surface area contributed by atoms with E-state index in [1.165, 1.54) is 44.3 Å². The van der Waals surface area contributed by atoms with E-state index in [9.17, 15) is 5.11 Å². The Morgan fingerprint density at radius 2 is 1.95 bits per heavy atom. The van der Waals surface area contributed by atoms with Crippen LogP contribution in [0.2, 0.25) is 0 Å². The summed E-state index contributed by atoms with van der Waals surface area (Å²) >= 11 is 0. The molecular weight excluding hydrogens is 248 g/mol. The molecule has 2 unspecified atom stereocenters. The van der Waals surface area contributed by atoms with Crippen molar-refractivity contribution in [3.05, 3.63) is 29.8 Å². The van der Waals surface area contributed by atoms with Crippen molar-refractivity contribution in [2.24, 2.45) is 5.92 Å². The third-order valence-corrected chi connectivity index (χ3v) is 4.73. The Bertz CT molecular complexity index is 421. The summed E-state index contributed by atoms with van der Waals surface area (Å²) < 4.78 is 0. The zero-order valence-corrected chi connectivity index (χ0v) is 12.4. The number of nitrogens with zero attached hydrogens (tertiary/aromatic N) is 1. The summed E-state index contributed by atoms with van der Waals surface area (Å²) in [6.45, 7) is 5.85. The Hall–Kier alpha value is -1.06. The van der Waals surface area contributed by atoms with Gasteiger partial charge in [-0.05, 0) is 62.8 Å². The fraction of sp³-hybridized carbons (Fsp3) is 0.647. The minimum absolute atomic E-state index is 0.354. The number of phenols is 1. The van der Waals surface area contributed by atoms with Gasteiger partial charge in [-0.25, -0.2) is 0 Å². The number of hydrogen-bond acceptors (Lipinski definition) is 3. The second-order valence-corrected chi connectivity index (χ2v) is 6.46. The lowest BCUT2D eigenvalue weighted by molar-refractivity contribution is 0.184. The van der Waals surface area contributed by atoms with Gasteiger partial charge in [-0.1, -0.05) is 12.1 Å². The number of phenolic OH excluding ortho intramolecular Hbond substituents is 1. The molecule has 0 aromatic heterocycles. The summed E-state index contributed by atoms with van der Waals surface area (Å²) in [6.07, 6.45) is 5.42. The molecule has 2 fully saturated rings. The molecule has 1 heterocycles. The van der Waals surface area contributed by atoms with Crippen LogP contribution in [-0.4, -0.2) is 35.7 Å². The van der Waals surface area contributed by atoms with E-state index in [4.69, 9.17) is 0 Å². The van der Waals surface area contributed by atoms with E-state index in [0.717, 1.165) is 12.5 Å². The Morgan fingerprint density at radius 3 is 2.55 bits per heavy atom. The summed E-state index contributed by atoms with van der Waals surface area (Å²) in [7, 11) is 0. The van der Waals surface area contributed by atoms with Gasteiger partial charge < -0.3 is 10.4 Å². The van der Waals surface area contributed by atoms with Crippen molar-refractivity contribution < 1.29 is 5.11 Å². The molecule has 2 atom stereocenters. The summed E-state index contributed by atoms with van der Waals surface area (Å²) in [4.78, 5) is 2.63. The highest BCUT2D eigenvalue weighted by Gasteiger charge is 2.29. The van der Waals surface area contributed by atoms with Gasteiger partial charge in [0.15, 0.2) is 0 Å². The lowest BCUT2D eigenvalue weighted by Gasteiger charge is -2.32. The first-order chi connectivity index (χ1) is 9.72. The maximum Gasteiger partial charge on any atom is 0.115 e. The molecule has 1 saturated carbocycles. The fourth-order valence-corrected chi connectivity index (χ4v) is 3.18. The predicted octanol–water partition coefficient (Wildman–Crippen LogP) is 2.92. The minimum atomic E-state index is 0.354. The van der Waals surface area contributed by atoms with Crippen molar-refractivity contribution >= 4 is 0 Å². The van der Waals surface area contributed by atoms with Crippen LogP contribution in [0.5, 0.6) is 5.75 Å². The van der Waals surface area contributed by atoms with E-state index in [1.54, 1.807) is 12.1 Å². The summed E-state index contributed by atoms with van der Waals surface area (Å²) in [5.41, 5.74) is 1.31. The molecule has 2 N–H and O–H groups in total. The molecule has 1 saturated heterocycles. The van der Waals surface area contributed by atoms with Gasteiger partial charge in [0.1, 0.15) is 5.75 Å². The standard InChI is InChI=1S/C17H26N2O/c1-13(15-6-8-17(20)9-7-15)19(11-14-4-5-14)12-16-3-2-10-18-16/h6-9,13-14,16,18,20H,2-5,10-12H2,1H3. The Balaban J connectivity index is 1.67. The van der Waals surface area contributed by atoms with Crippen molar-refractivity contribution in [3.8, 4) is 5.75 Å². The highest BCUT2D eigenvalue weighted by molar-refractivity contribution is 5.27. The Kier molecular flexibility index (Phi) is 4.27. The third kappa shape index (κ3) is 3.53. The molecule has 1 aromatic carbocycles. The molecule has 0 spiro atoms. The van der Waals surface area contributed by atoms with Gasteiger partial charge in [0.05, 0.1) is 0 Å². The van der Waals surface area contributed by atoms with E-state index in [0.29, 0.717) is 17.8 Å². The zero-order chi connectivity index (χ0) is 13.9. The first kappa shape index (κ1) is 13.9.